The number of benzene rings is 2. The summed E-state index contributed by atoms with van der Waals surface area (Å²) in [5, 5.41) is 2.33. The molecule has 0 radical (unpaired) electrons. The van der Waals surface area contributed by atoms with Gasteiger partial charge in [-0.1, -0.05) is 62.8 Å². The fourth-order valence-corrected chi connectivity index (χ4v) is 5.60. The first kappa shape index (κ1) is 32.5. The number of hydrogen-bond acceptors (Lipinski definition) is 2. The Hall–Kier alpha value is -1.68. The van der Waals surface area contributed by atoms with Crippen molar-refractivity contribution in [2.75, 3.05) is 11.5 Å². The Labute approximate surface area is 263 Å². The minimum Gasteiger partial charge on any atom is -1.00 e. The molecule has 0 saturated heterocycles. The third-order valence-electron chi connectivity index (χ3n) is 7.61. The number of aryl methyl sites for hydroxylation is 4. The second-order valence-electron chi connectivity index (χ2n) is 10.4. The van der Waals surface area contributed by atoms with Gasteiger partial charge in [0.25, 0.3) is 0 Å². The summed E-state index contributed by atoms with van der Waals surface area (Å²) in [6.45, 7) is 6.49. The lowest BCUT2D eigenvalue weighted by molar-refractivity contribution is -0.678. The van der Waals surface area contributed by atoms with Crippen LogP contribution < -0.4 is 68.6 Å². The van der Waals surface area contributed by atoms with Gasteiger partial charge in [0.15, 0.2) is 11.4 Å². The molecule has 6 heteroatoms. The maximum Gasteiger partial charge on any atom is 0.214 e. The summed E-state index contributed by atoms with van der Waals surface area (Å²) in [5.74, 6) is 0. The molecule has 4 rings (SSSR count). The van der Waals surface area contributed by atoms with Gasteiger partial charge in [-0.15, -0.1) is 0 Å². The zero-order valence-electron chi connectivity index (χ0n) is 23.1. The van der Waals surface area contributed by atoms with Crippen LogP contribution in [0.5, 0.6) is 0 Å². The van der Waals surface area contributed by atoms with Gasteiger partial charge in [-0.2, -0.15) is 9.13 Å². The molecule has 2 aromatic heterocycles. The van der Waals surface area contributed by atoms with E-state index in [0.717, 1.165) is 24.5 Å². The van der Waals surface area contributed by atoms with E-state index < -0.39 is 0 Å². The van der Waals surface area contributed by atoms with Gasteiger partial charge in [-0.25, -0.2) is 0 Å². The molecule has 4 nitrogen and oxygen atoms in total. The zero-order chi connectivity index (χ0) is 25.3. The standard InChI is InChI=1S/C32H42N4.2HI/c1-25-23-29(33)27-17-11-13-19-31(27)35(25)21-15-9-7-5-3-4-6-8-10-16-22-36-26(2)24-30(34)28-18-12-14-20-32(28)36;;/h11-14,17-20,23-24,33-34H,3-10,15-16,21-22H2,1-2H3;2*1H. The Morgan fingerprint density at radius 3 is 1.18 bits per heavy atom. The van der Waals surface area contributed by atoms with Crippen LogP contribution in [-0.2, 0) is 13.1 Å². The predicted molar refractivity (Wildman–Crippen MR) is 153 cm³/mol. The summed E-state index contributed by atoms with van der Waals surface area (Å²) in [6.07, 6.45) is 13.2. The van der Waals surface area contributed by atoms with Gasteiger partial charge in [-0.3, -0.25) is 0 Å². The minimum absolute atomic E-state index is 0. The number of hydrogen-bond donors (Lipinski definition) is 2. The number of nitrogen functional groups attached to an aromatic ring is 2. The maximum absolute atomic E-state index is 6.23. The molecule has 0 aliphatic heterocycles. The number of aromatic nitrogens is 2. The third kappa shape index (κ3) is 8.41. The molecule has 0 amide bonds. The van der Waals surface area contributed by atoms with Crippen LogP contribution in [0.3, 0.4) is 0 Å². The first-order valence-corrected chi connectivity index (χ1v) is 13.9. The second-order valence-corrected chi connectivity index (χ2v) is 10.4. The lowest BCUT2D eigenvalue weighted by Gasteiger charge is -2.08. The van der Waals surface area contributed by atoms with Crippen molar-refractivity contribution in [1.29, 1.82) is 0 Å². The maximum atomic E-state index is 6.23. The summed E-state index contributed by atoms with van der Waals surface area (Å²) in [7, 11) is 0. The molecule has 0 unspecified atom stereocenters. The summed E-state index contributed by atoms with van der Waals surface area (Å²) in [6, 6.07) is 21.2. The Bertz CT molecular complexity index is 1200. The van der Waals surface area contributed by atoms with E-state index in [1.807, 2.05) is 0 Å². The van der Waals surface area contributed by atoms with Crippen molar-refractivity contribution in [3.8, 4) is 0 Å². The smallest absolute Gasteiger partial charge is 0.214 e. The Morgan fingerprint density at radius 2 is 0.816 bits per heavy atom. The molecule has 0 aliphatic rings. The van der Waals surface area contributed by atoms with Gasteiger partial charge >= 0.3 is 0 Å². The highest BCUT2D eigenvalue weighted by atomic mass is 127. The van der Waals surface area contributed by atoms with Crippen molar-refractivity contribution in [1.82, 2.24) is 0 Å². The molecule has 0 spiro atoms. The van der Waals surface area contributed by atoms with E-state index in [0.29, 0.717) is 0 Å². The van der Waals surface area contributed by atoms with Crippen LogP contribution in [0.2, 0.25) is 0 Å². The molecule has 2 aromatic carbocycles. The lowest BCUT2D eigenvalue weighted by atomic mass is 10.1. The molecule has 2 heterocycles. The fourth-order valence-electron chi connectivity index (χ4n) is 5.60. The van der Waals surface area contributed by atoms with E-state index in [4.69, 9.17) is 11.5 Å². The van der Waals surface area contributed by atoms with Crippen LogP contribution in [0.15, 0.2) is 60.7 Å². The van der Waals surface area contributed by atoms with Crippen molar-refractivity contribution in [2.24, 2.45) is 0 Å². The van der Waals surface area contributed by atoms with E-state index >= 15 is 0 Å². The monoisotopic (exact) mass is 738 g/mol. The number of para-hydroxylation sites is 2. The highest BCUT2D eigenvalue weighted by Gasteiger charge is 2.15. The lowest BCUT2D eigenvalue weighted by Crippen LogP contribution is -3.00. The SMILES string of the molecule is Cc1cc(N)c2ccccc2[n+]1CCCCCCCCCCCC[n+]1c(C)cc(N)c2ccccc21.[I-].[I-]. The normalized spacial score (nSPS) is 10.9. The molecule has 206 valence electrons. The number of fused-ring (bicyclic) bond motifs is 2. The van der Waals surface area contributed by atoms with Crippen molar-refractivity contribution in [2.45, 2.75) is 91.1 Å². The fraction of sp³-hybridized carbons (Fsp3) is 0.438. The molecule has 0 atom stereocenters. The molecule has 0 fully saturated rings. The van der Waals surface area contributed by atoms with Crippen molar-refractivity contribution < 1.29 is 57.1 Å². The summed E-state index contributed by atoms with van der Waals surface area (Å²) in [5.41, 5.74) is 19.2. The van der Waals surface area contributed by atoms with Gasteiger partial charge in [0, 0.05) is 51.0 Å². The van der Waals surface area contributed by atoms with Crippen LogP contribution in [0, 0.1) is 13.8 Å². The number of halogens is 2. The topological polar surface area (TPSA) is 59.8 Å². The largest absolute Gasteiger partial charge is 1.00 e. The van der Waals surface area contributed by atoms with Gasteiger partial charge in [0.05, 0.1) is 22.1 Å². The molecule has 38 heavy (non-hydrogen) atoms. The summed E-state index contributed by atoms with van der Waals surface area (Å²) < 4.78 is 4.86. The second kappa shape index (κ2) is 16.4. The average Bonchev–Trinajstić information content (AvgIpc) is 2.88. The molecule has 0 saturated carbocycles. The van der Waals surface area contributed by atoms with E-state index in [1.165, 1.54) is 97.4 Å². The average molecular weight is 739 g/mol. The number of anilines is 2. The molecule has 4 aromatic rings. The Kier molecular flexibility index (Phi) is 14.1. The van der Waals surface area contributed by atoms with Gasteiger partial charge < -0.3 is 59.4 Å². The number of nitrogens with two attached hydrogens (primary N) is 2. The van der Waals surface area contributed by atoms with Crippen molar-refractivity contribution in [3.05, 3.63) is 72.1 Å². The Morgan fingerprint density at radius 1 is 0.500 bits per heavy atom. The van der Waals surface area contributed by atoms with E-state index in [-0.39, 0.29) is 48.0 Å². The zero-order valence-corrected chi connectivity index (χ0v) is 27.4. The first-order valence-electron chi connectivity index (χ1n) is 13.9. The molecule has 0 bridgehead atoms. The molecule has 4 N–H and O–H groups in total. The Balaban J connectivity index is 0.00000253. The molecular formula is C32H44I2N4. The molecule has 0 aliphatic carbocycles. The van der Waals surface area contributed by atoms with E-state index in [9.17, 15) is 0 Å². The third-order valence-corrected chi connectivity index (χ3v) is 7.61. The predicted octanol–water partition coefficient (Wildman–Crippen LogP) is 0.958. The number of pyridine rings is 2. The van der Waals surface area contributed by atoms with Gasteiger partial charge in [0.2, 0.25) is 11.0 Å². The van der Waals surface area contributed by atoms with Gasteiger partial charge in [0.1, 0.15) is 13.1 Å². The molecular weight excluding hydrogens is 694 g/mol. The van der Waals surface area contributed by atoms with Crippen LogP contribution in [0.25, 0.3) is 21.8 Å². The number of nitrogens with zero attached hydrogens (tertiary/aromatic N) is 2. The van der Waals surface area contributed by atoms with Gasteiger partial charge in [-0.05, 0) is 25.0 Å². The highest BCUT2D eigenvalue weighted by molar-refractivity contribution is 5.88. The van der Waals surface area contributed by atoms with Crippen molar-refractivity contribution in [3.63, 3.8) is 0 Å². The number of rotatable bonds is 13. The highest BCUT2D eigenvalue weighted by Crippen LogP contribution is 2.20. The van der Waals surface area contributed by atoms with Crippen LogP contribution in [0.4, 0.5) is 11.4 Å². The summed E-state index contributed by atoms with van der Waals surface area (Å²) in [4.78, 5) is 0. The van der Waals surface area contributed by atoms with E-state index in [1.54, 1.807) is 0 Å². The van der Waals surface area contributed by atoms with Crippen molar-refractivity contribution >= 4 is 33.2 Å². The number of unbranched alkanes of at least 4 members (excludes halogenated alkanes) is 9. The first-order chi connectivity index (χ1) is 17.6. The van der Waals surface area contributed by atoms with Crippen LogP contribution in [-0.4, -0.2) is 0 Å². The van der Waals surface area contributed by atoms with Crippen LogP contribution >= 0.6 is 0 Å². The van der Waals surface area contributed by atoms with Crippen LogP contribution in [0.1, 0.15) is 75.6 Å². The quantitative estimate of drug-likeness (QED) is 0.122. The summed E-state index contributed by atoms with van der Waals surface area (Å²) >= 11 is 0. The van der Waals surface area contributed by atoms with E-state index in [2.05, 4.69) is 83.6 Å². The minimum atomic E-state index is 0.